The number of hydrogen-bond donors (Lipinski definition) is 3. The molecule has 0 radical (unpaired) electrons. The first-order valence-corrected chi connectivity index (χ1v) is 9.91. The van der Waals surface area contributed by atoms with Crippen molar-refractivity contribution in [1.82, 2.24) is 0 Å². The van der Waals surface area contributed by atoms with Crippen LogP contribution in [0, 0.1) is 0 Å². The molecule has 0 unspecified atom stereocenters. The van der Waals surface area contributed by atoms with Crippen molar-refractivity contribution in [3.63, 3.8) is 0 Å². The van der Waals surface area contributed by atoms with E-state index in [-0.39, 0.29) is 21.9 Å². The highest BCUT2D eigenvalue weighted by molar-refractivity contribution is 9.10. The van der Waals surface area contributed by atoms with Crippen molar-refractivity contribution >= 4 is 59.8 Å². The molecule has 2 aromatic heterocycles. The molecular weight excluding hydrogens is 528 g/mol. The molecule has 0 spiro atoms. The number of benzene rings is 2. The third-order valence-corrected chi connectivity index (χ3v) is 5.56. The fourth-order valence-corrected chi connectivity index (χ4v) is 3.97. The van der Waals surface area contributed by atoms with Crippen LogP contribution in [0.3, 0.4) is 0 Å². The quantitative estimate of drug-likeness (QED) is 0.333. The van der Waals surface area contributed by atoms with Crippen LogP contribution in [0.4, 0.5) is 0 Å². The van der Waals surface area contributed by atoms with Crippen LogP contribution >= 0.6 is 31.9 Å². The van der Waals surface area contributed by atoms with Crippen molar-refractivity contribution in [2.24, 2.45) is 0 Å². The molecule has 0 atom stereocenters. The lowest BCUT2D eigenvalue weighted by Gasteiger charge is -2.15. The van der Waals surface area contributed by atoms with Crippen LogP contribution in [0.5, 0.6) is 11.5 Å². The van der Waals surface area contributed by atoms with Crippen LogP contribution in [0.15, 0.2) is 63.8 Å². The van der Waals surface area contributed by atoms with E-state index in [0.717, 1.165) is 0 Å². The van der Waals surface area contributed by atoms with Gasteiger partial charge in [0.1, 0.15) is 28.6 Å². The van der Waals surface area contributed by atoms with Crippen molar-refractivity contribution in [3.05, 3.63) is 77.3 Å². The summed E-state index contributed by atoms with van der Waals surface area (Å²) in [4.78, 5) is 37.3. The minimum atomic E-state index is -2.04. The van der Waals surface area contributed by atoms with Gasteiger partial charge in [0.05, 0.1) is 21.9 Å². The van der Waals surface area contributed by atoms with E-state index in [1.807, 2.05) is 0 Å². The van der Waals surface area contributed by atoms with Crippen molar-refractivity contribution in [2.45, 2.75) is 5.92 Å². The van der Waals surface area contributed by atoms with E-state index in [2.05, 4.69) is 31.9 Å². The number of halogens is 2. The maximum absolute atomic E-state index is 12.6. The van der Waals surface area contributed by atoms with Gasteiger partial charge in [-0.2, -0.15) is 0 Å². The number of carboxylic acids is 1. The van der Waals surface area contributed by atoms with Crippen LogP contribution in [-0.2, 0) is 4.79 Å². The number of rotatable bonds is 3. The molecule has 0 saturated carbocycles. The maximum Gasteiger partial charge on any atom is 0.344 e. The van der Waals surface area contributed by atoms with Gasteiger partial charge in [-0.3, -0.25) is 4.79 Å². The molecule has 0 saturated heterocycles. The van der Waals surface area contributed by atoms with E-state index in [4.69, 9.17) is 8.83 Å². The van der Waals surface area contributed by atoms with Crippen LogP contribution < -0.4 is 11.3 Å². The third-order valence-electron chi connectivity index (χ3n) is 4.57. The van der Waals surface area contributed by atoms with Gasteiger partial charge in [-0.05, 0) is 36.4 Å². The topological polar surface area (TPSA) is 138 Å². The highest BCUT2D eigenvalue weighted by Gasteiger charge is 2.36. The Morgan fingerprint density at radius 3 is 1.57 bits per heavy atom. The van der Waals surface area contributed by atoms with Gasteiger partial charge in [-0.1, -0.05) is 31.9 Å². The number of aliphatic carboxylic acids is 1. The van der Waals surface area contributed by atoms with E-state index < -0.39 is 45.8 Å². The summed E-state index contributed by atoms with van der Waals surface area (Å²) in [7, 11) is 0. The Hall–Kier alpha value is -3.11. The van der Waals surface area contributed by atoms with Crippen LogP contribution in [-0.4, -0.2) is 21.3 Å². The predicted octanol–water partition coefficient (Wildman–Crippen LogP) is 4.05. The Bertz CT molecular complexity index is 1360. The fourth-order valence-electron chi connectivity index (χ4n) is 3.25. The minimum absolute atomic E-state index is 0.0206. The monoisotopic (exact) mass is 536 g/mol. The minimum Gasteiger partial charge on any atom is -0.507 e. The van der Waals surface area contributed by atoms with E-state index >= 15 is 0 Å². The number of aromatic hydroxyl groups is 2. The van der Waals surface area contributed by atoms with Gasteiger partial charge in [0, 0.05) is 8.95 Å². The summed E-state index contributed by atoms with van der Waals surface area (Å²) in [6.45, 7) is 0. The normalized spacial score (nSPS) is 11.4. The first kappa shape index (κ1) is 20.2. The summed E-state index contributed by atoms with van der Waals surface area (Å²) >= 11 is 6.44. The molecule has 0 aliphatic rings. The summed E-state index contributed by atoms with van der Waals surface area (Å²) in [5, 5.41) is 31.4. The zero-order valence-corrected chi connectivity index (χ0v) is 17.9. The second-order valence-electron chi connectivity index (χ2n) is 6.36. The lowest BCUT2D eigenvalue weighted by Crippen LogP contribution is -2.26. The van der Waals surface area contributed by atoms with Gasteiger partial charge in [0.2, 0.25) is 0 Å². The number of hydrogen-bond acceptors (Lipinski definition) is 7. The van der Waals surface area contributed by atoms with E-state index in [9.17, 15) is 29.7 Å². The van der Waals surface area contributed by atoms with Gasteiger partial charge in [0.25, 0.3) is 0 Å². The molecule has 3 N–H and O–H groups in total. The molecule has 4 aromatic rings. The third kappa shape index (κ3) is 3.17. The second-order valence-corrected chi connectivity index (χ2v) is 8.19. The second kappa shape index (κ2) is 7.29. The smallest absolute Gasteiger partial charge is 0.344 e. The molecule has 8 nitrogen and oxygen atoms in total. The number of fused-ring (bicyclic) bond motifs is 2. The number of carboxylic acid groups (broad SMARTS) is 1. The van der Waals surface area contributed by atoms with Crippen molar-refractivity contribution in [2.75, 3.05) is 0 Å². The van der Waals surface area contributed by atoms with Gasteiger partial charge in [-0.15, -0.1) is 0 Å². The molecule has 4 rings (SSSR count). The van der Waals surface area contributed by atoms with Gasteiger partial charge < -0.3 is 24.2 Å². The van der Waals surface area contributed by atoms with Crippen molar-refractivity contribution in [1.29, 1.82) is 0 Å². The molecule has 0 amide bonds. The molecular formula is C20H10Br2O8. The highest BCUT2D eigenvalue weighted by atomic mass is 79.9. The molecule has 2 aromatic carbocycles. The number of carbonyl (C=O) groups is 1. The SMILES string of the molecule is O=C(O)C(c1c(O)c2cc(Br)ccc2oc1=O)c1c(O)c2cc(Br)ccc2oc1=O. The molecule has 0 fully saturated rings. The Morgan fingerprint density at radius 2 is 1.20 bits per heavy atom. The van der Waals surface area contributed by atoms with Gasteiger partial charge >= 0.3 is 17.2 Å². The standard InChI is InChI=1S/C20H10Br2O8/c21-7-1-3-11-9(5-7)16(23)14(19(27)29-11)13(18(25)26)15-17(24)10-6-8(22)2-4-12(10)30-20(15)28/h1-6,13,23-24H,(H,25,26). The first-order valence-electron chi connectivity index (χ1n) is 8.32. The zero-order chi connectivity index (χ0) is 21.7. The summed E-state index contributed by atoms with van der Waals surface area (Å²) in [5.41, 5.74) is -3.69. The van der Waals surface area contributed by atoms with Gasteiger partial charge in [0.15, 0.2) is 0 Å². The Kier molecular flexibility index (Phi) is 4.91. The van der Waals surface area contributed by atoms with Crippen molar-refractivity contribution in [3.8, 4) is 11.5 Å². The van der Waals surface area contributed by atoms with Crippen LogP contribution in [0.1, 0.15) is 17.0 Å². The van der Waals surface area contributed by atoms with E-state index in [0.29, 0.717) is 8.95 Å². The maximum atomic E-state index is 12.6. The predicted molar refractivity (Wildman–Crippen MR) is 113 cm³/mol. The lowest BCUT2D eigenvalue weighted by atomic mass is 9.90. The average molecular weight is 538 g/mol. The summed E-state index contributed by atoms with van der Waals surface area (Å²) in [6, 6.07) is 8.83. The molecule has 2 heterocycles. The molecule has 30 heavy (non-hydrogen) atoms. The zero-order valence-electron chi connectivity index (χ0n) is 14.7. The highest BCUT2D eigenvalue weighted by Crippen LogP contribution is 2.39. The summed E-state index contributed by atoms with van der Waals surface area (Å²) in [6.07, 6.45) is 0. The fraction of sp³-hybridized carbons (Fsp3) is 0.0500. The van der Waals surface area contributed by atoms with Crippen LogP contribution in [0.2, 0.25) is 0 Å². The largest absolute Gasteiger partial charge is 0.507 e. The first-order chi connectivity index (χ1) is 14.2. The Morgan fingerprint density at radius 1 is 0.800 bits per heavy atom. The van der Waals surface area contributed by atoms with Crippen LogP contribution in [0.25, 0.3) is 21.9 Å². The molecule has 0 bridgehead atoms. The molecule has 10 heteroatoms. The van der Waals surface area contributed by atoms with E-state index in [1.54, 1.807) is 12.1 Å². The van der Waals surface area contributed by atoms with E-state index in [1.165, 1.54) is 24.3 Å². The Labute approximate surface area is 183 Å². The lowest BCUT2D eigenvalue weighted by molar-refractivity contribution is -0.137. The summed E-state index contributed by atoms with van der Waals surface area (Å²) in [5.74, 6) is -5.06. The summed E-state index contributed by atoms with van der Waals surface area (Å²) < 4.78 is 11.4. The molecule has 0 aliphatic carbocycles. The average Bonchev–Trinajstić information content (AvgIpc) is 2.68. The Balaban J connectivity index is 2.10. The van der Waals surface area contributed by atoms with Gasteiger partial charge in [-0.25, -0.2) is 9.59 Å². The molecule has 0 aliphatic heterocycles. The van der Waals surface area contributed by atoms with Crippen molar-refractivity contribution < 1.29 is 28.9 Å². The molecule has 152 valence electrons.